The molecular weight excluding hydrogens is 332 g/mol. The Morgan fingerprint density at radius 1 is 1.23 bits per heavy atom. The summed E-state index contributed by atoms with van der Waals surface area (Å²) >= 11 is 0. The molecule has 1 atom stereocenters. The molecule has 1 aliphatic rings. The number of anilines is 2. The number of carbonyl (C=O) groups is 1. The summed E-state index contributed by atoms with van der Waals surface area (Å²) < 4.78 is 16.6. The van der Waals surface area contributed by atoms with Gasteiger partial charge in [-0.15, -0.1) is 0 Å². The molecule has 0 aromatic heterocycles. The van der Waals surface area contributed by atoms with Gasteiger partial charge < -0.3 is 24.8 Å². The van der Waals surface area contributed by atoms with Crippen molar-refractivity contribution in [1.29, 1.82) is 0 Å². The molecule has 1 saturated heterocycles. The number of ether oxygens (including phenoxy) is 3. The number of para-hydroxylation sites is 2. The number of benzene rings is 2. The molecule has 1 aliphatic heterocycles. The lowest BCUT2D eigenvalue weighted by Gasteiger charge is -2.15. The zero-order valence-corrected chi connectivity index (χ0v) is 14.9. The number of hydrogen-bond acceptors (Lipinski definition) is 5. The van der Waals surface area contributed by atoms with Crippen LogP contribution < -0.4 is 20.1 Å². The third-order valence-electron chi connectivity index (χ3n) is 4.13. The first-order valence-corrected chi connectivity index (χ1v) is 8.76. The van der Waals surface area contributed by atoms with Gasteiger partial charge in [0.15, 0.2) is 0 Å². The number of rotatable bonds is 8. The molecule has 2 N–H and O–H groups in total. The first-order valence-electron chi connectivity index (χ1n) is 8.76. The number of methoxy groups -OCH3 is 1. The van der Waals surface area contributed by atoms with Crippen LogP contribution in [-0.2, 0) is 9.53 Å². The maximum Gasteiger partial charge on any atom is 0.243 e. The van der Waals surface area contributed by atoms with Crippen LogP contribution in [0.2, 0.25) is 0 Å². The highest BCUT2D eigenvalue weighted by Crippen LogP contribution is 2.25. The topological polar surface area (TPSA) is 68.8 Å². The average molecular weight is 356 g/mol. The van der Waals surface area contributed by atoms with Gasteiger partial charge in [0.2, 0.25) is 5.91 Å². The molecule has 1 fully saturated rings. The standard InChI is InChI=1S/C20H24N2O4/c1-24-16-7-4-6-15(12-16)22-20(23)13-21-18-9-2-3-10-19(18)26-14-17-8-5-11-25-17/h2-4,6-7,9-10,12,17,21H,5,8,11,13-14H2,1H3,(H,22,23). The van der Waals surface area contributed by atoms with Crippen molar-refractivity contribution in [2.45, 2.75) is 18.9 Å². The summed E-state index contributed by atoms with van der Waals surface area (Å²) in [5, 5.41) is 5.97. The summed E-state index contributed by atoms with van der Waals surface area (Å²) in [6.45, 7) is 1.46. The minimum Gasteiger partial charge on any atom is -0.497 e. The molecule has 2 aromatic rings. The van der Waals surface area contributed by atoms with E-state index < -0.39 is 0 Å². The summed E-state index contributed by atoms with van der Waals surface area (Å²) in [6, 6.07) is 14.8. The second kappa shape index (κ2) is 9.10. The molecule has 0 spiro atoms. The predicted molar refractivity (Wildman–Crippen MR) is 101 cm³/mol. The second-order valence-corrected chi connectivity index (χ2v) is 6.08. The van der Waals surface area contributed by atoms with Crippen LogP contribution in [0.3, 0.4) is 0 Å². The van der Waals surface area contributed by atoms with Crippen LogP contribution in [0.5, 0.6) is 11.5 Å². The number of carbonyl (C=O) groups excluding carboxylic acids is 1. The van der Waals surface area contributed by atoms with Crippen molar-refractivity contribution in [3.63, 3.8) is 0 Å². The van der Waals surface area contributed by atoms with Crippen molar-refractivity contribution >= 4 is 17.3 Å². The van der Waals surface area contributed by atoms with E-state index in [1.165, 1.54) is 0 Å². The van der Waals surface area contributed by atoms with Crippen LogP contribution in [0.15, 0.2) is 48.5 Å². The molecule has 6 heteroatoms. The molecule has 3 rings (SSSR count). The number of amides is 1. The zero-order valence-electron chi connectivity index (χ0n) is 14.9. The Labute approximate surface area is 153 Å². The monoisotopic (exact) mass is 356 g/mol. The van der Waals surface area contributed by atoms with Crippen molar-refractivity contribution in [1.82, 2.24) is 0 Å². The fraction of sp³-hybridized carbons (Fsp3) is 0.350. The lowest BCUT2D eigenvalue weighted by Crippen LogP contribution is -2.22. The van der Waals surface area contributed by atoms with E-state index in [1.807, 2.05) is 42.5 Å². The van der Waals surface area contributed by atoms with Gasteiger partial charge in [-0.05, 0) is 37.1 Å². The smallest absolute Gasteiger partial charge is 0.243 e. The number of hydrogen-bond donors (Lipinski definition) is 2. The van der Waals surface area contributed by atoms with Gasteiger partial charge in [0.25, 0.3) is 0 Å². The minimum absolute atomic E-state index is 0.136. The molecule has 1 amide bonds. The Kier molecular flexibility index (Phi) is 6.33. The van der Waals surface area contributed by atoms with E-state index in [0.717, 1.165) is 30.9 Å². The summed E-state index contributed by atoms with van der Waals surface area (Å²) in [5.74, 6) is 1.27. The first kappa shape index (κ1) is 18.1. The van der Waals surface area contributed by atoms with Crippen molar-refractivity contribution in [3.8, 4) is 11.5 Å². The molecule has 0 radical (unpaired) electrons. The quantitative estimate of drug-likeness (QED) is 0.759. The van der Waals surface area contributed by atoms with E-state index in [-0.39, 0.29) is 18.6 Å². The van der Waals surface area contributed by atoms with E-state index in [2.05, 4.69) is 10.6 Å². The minimum atomic E-state index is -0.146. The SMILES string of the molecule is COc1cccc(NC(=O)CNc2ccccc2OCC2CCCO2)c1. The summed E-state index contributed by atoms with van der Waals surface area (Å²) in [6.07, 6.45) is 2.26. The molecular formula is C20H24N2O4. The normalized spacial score (nSPS) is 16.1. The highest BCUT2D eigenvalue weighted by molar-refractivity contribution is 5.94. The van der Waals surface area contributed by atoms with Crippen LogP contribution in [0.25, 0.3) is 0 Å². The Balaban J connectivity index is 1.52. The van der Waals surface area contributed by atoms with Gasteiger partial charge in [0.05, 0.1) is 25.4 Å². The summed E-state index contributed by atoms with van der Waals surface area (Å²) in [4.78, 5) is 12.2. The van der Waals surface area contributed by atoms with Crippen LogP contribution in [0.4, 0.5) is 11.4 Å². The molecule has 2 aromatic carbocycles. The van der Waals surface area contributed by atoms with Crippen LogP contribution >= 0.6 is 0 Å². The maximum absolute atomic E-state index is 12.2. The Bertz CT molecular complexity index is 729. The van der Waals surface area contributed by atoms with Gasteiger partial charge in [-0.2, -0.15) is 0 Å². The summed E-state index contributed by atoms with van der Waals surface area (Å²) in [7, 11) is 1.59. The Morgan fingerprint density at radius 2 is 2.12 bits per heavy atom. The van der Waals surface area contributed by atoms with E-state index >= 15 is 0 Å². The van der Waals surface area contributed by atoms with Crippen LogP contribution in [-0.4, -0.2) is 38.9 Å². The second-order valence-electron chi connectivity index (χ2n) is 6.08. The highest BCUT2D eigenvalue weighted by Gasteiger charge is 2.16. The van der Waals surface area contributed by atoms with Crippen LogP contribution in [0.1, 0.15) is 12.8 Å². The first-order chi connectivity index (χ1) is 12.7. The van der Waals surface area contributed by atoms with E-state index in [1.54, 1.807) is 13.2 Å². The third kappa shape index (κ3) is 5.13. The number of nitrogens with one attached hydrogen (secondary N) is 2. The molecule has 1 unspecified atom stereocenters. The van der Waals surface area contributed by atoms with E-state index in [9.17, 15) is 4.79 Å². The van der Waals surface area contributed by atoms with Crippen molar-refractivity contribution in [3.05, 3.63) is 48.5 Å². The zero-order chi connectivity index (χ0) is 18.2. The van der Waals surface area contributed by atoms with Gasteiger partial charge in [-0.1, -0.05) is 18.2 Å². The molecule has 0 saturated carbocycles. The Hall–Kier alpha value is -2.73. The molecule has 6 nitrogen and oxygen atoms in total. The van der Waals surface area contributed by atoms with Gasteiger partial charge in [-0.3, -0.25) is 4.79 Å². The molecule has 138 valence electrons. The summed E-state index contributed by atoms with van der Waals surface area (Å²) in [5.41, 5.74) is 1.48. The molecule has 0 aliphatic carbocycles. The van der Waals surface area contributed by atoms with Gasteiger partial charge in [0, 0.05) is 18.4 Å². The van der Waals surface area contributed by atoms with Crippen molar-refractivity contribution in [2.75, 3.05) is 37.5 Å². The predicted octanol–water partition coefficient (Wildman–Crippen LogP) is 3.30. The fourth-order valence-electron chi connectivity index (χ4n) is 2.78. The lowest BCUT2D eigenvalue weighted by atomic mass is 10.2. The molecule has 0 bridgehead atoms. The lowest BCUT2D eigenvalue weighted by molar-refractivity contribution is -0.114. The molecule has 1 heterocycles. The highest BCUT2D eigenvalue weighted by atomic mass is 16.5. The van der Waals surface area contributed by atoms with Crippen LogP contribution in [0, 0.1) is 0 Å². The average Bonchev–Trinajstić information content (AvgIpc) is 3.19. The van der Waals surface area contributed by atoms with E-state index in [0.29, 0.717) is 18.0 Å². The van der Waals surface area contributed by atoms with Gasteiger partial charge in [0.1, 0.15) is 18.1 Å². The van der Waals surface area contributed by atoms with Crippen molar-refractivity contribution < 1.29 is 19.0 Å². The molecule has 26 heavy (non-hydrogen) atoms. The van der Waals surface area contributed by atoms with E-state index in [4.69, 9.17) is 14.2 Å². The van der Waals surface area contributed by atoms with Gasteiger partial charge >= 0.3 is 0 Å². The largest absolute Gasteiger partial charge is 0.497 e. The Morgan fingerprint density at radius 3 is 2.92 bits per heavy atom. The fourth-order valence-corrected chi connectivity index (χ4v) is 2.78. The third-order valence-corrected chi connectivity index (χ3v) is 4.13. The van der Waals surface area contributed by atoms with Gasteiger partial charge in [-0.25, -0.2) is 0 Å². The van der Waals surface area contributed by atoms with Crippen molar-refractivity contribution in [2.24, 2.45) is 0 Å². The maximum atomic E-state index is 12.2.